The highest BCUT2D eigenvalue weighted by Crippen LogP contribution is 2.05. The number of carbonyl (C=O) groups excluding carboxylic acids is 2. The number of hydrogen-bond donors (Lipinski definition) is 1. The molecule has 0 radical (unpaired) electrons. The third-order valence-corrected chi connectivity index (χ3v) is 1.90. The maximum atomic E-state index is 11.2. The molecule has 0 aromatic carbocycles. The van der Waals surface area contributed by atoms with Crippen LogP contribution in [0.1, 0.15) is 19.8 Å². The molecule has 1 N–H and O–H groups in total. The summed E-state index contributed by atoms with van der Waals surface area (Å²) in [6.45, 7) is 2.53. The predicted molar refractivity (Wildman–Crippen MR) is 45.9 cm³/mol. The van der Waals surface area contributed by atoms with Crippen molar-refractivity contribution in [3.8, 4) is 0 Å². The standard InChI is InChI=1S/C8H14N2O3/c1-3-4-5-13-6-7(11)10(2)8(12)9-6/h6H,3-5H2,1-2H3,(H,9,12). The molecule has 0 aliphatic carbocycles. The minimum atomic E-state index is -0.774. The van der Waals surface area contributed by atoms with Crippen LogP contribution < -0.4 is 5.32 Å². The molecule has 13 heavy (non-hydrogen) atoms. The summed E-state index contributed by atoms with van der Waals surface area (Å²) in [6.07, 6.45) is 1.12. The van der Waals surface area contributed by atoms with Crippen molar-refractivity contribution in [3.63, 3.8) is 0 Å². The van der Waals surface area contributed by atoms with Crippen LogP contribution in [0, 0.1) is 0 Å². The van der Waals surface area contributed by atoms with Gasteiger partial charge in [-0.3, -0.25) is 9.69 Å². The predicted octanol–water partition coefficient (Wildman–Crippen LogP) is 0.311. The van der Waals surface area contributed by atoms with Crippen LogP contribution in [0.2, 0.25) is 0 Å². The van der Waals surface area contributed by atoms with E-state index in [0.29, 0.717) is 6.61 Å². The van der Waals surface area contributed by atoms with Gasteiger partial charge in [0.25, 0.3) is 5.91 Å². The number of hydrogen-bond acceptors (Lipinski definition) is 3. The van der Waals surface area contributed by atoms with E-state index in [9.17, 15) is 9.59 Å². The van der Waals surface area contributed by atoms with Crippen molar-refractivity contribution in [3.05, 3.63) is 0 Å². The SMILES string of the molecule is CCCCOC1NC(=O)N(C)C1=O. The highest BCUT2D eigenvalue weighted by atomic mass is 16.5. The van der Waals surface area contributed by atoms with Gasteiger partial charge in [0.1, 0.15) is 0 Å². The average molecular weight is 186 g/mol. The minimum absolute atomic E-state index is 0.318. The Bertz CT molecular complexity index is 217. The van der Waals surface area contributed by atoms with Gasteiger partial charge in [-0.1, -0.05) is 13.3 Å². The lowest BCUT2D eigenvalue weighted by atomic mass is 10.4. The molecular weight excluding hydrogens is 172 g/mol. The third kappa shape index (κ3) is 2.18. The second-order valence-corrected chi connectivity index (χ2v) is 2.95. The molecular formula is C8H14N2O3. The maximum Gasteiger partial charge on any atom is 0.326 e. The highest BCUT2D eigenvalue weighted by Gasteiger charge is 2.35. The molecule has 0 saturated carbocycles. The largest absolute Gasteiger partial charge is 0.349 e. The van der Waals surface area contributed by atoms with Gasteiger partial charge in [-0.25, -0.2) is 4.79 Å². The monoisotopic (exact) mass is 186 g/mol. The molecule has 1 unspecified atom stereocenters. The van der Waals surface area contributed by atoms with Crippen LogP contribution in [-0.4, -0.2) is 36.7 Å². The molecule has 5 nitrogen and oxygen atoms in total. The van der Waals surface area contributed by atoms with Crippen LogP contribution in [-0.2, 0) is 9.53 Å². The number of nitrogens with zero attached hydrogens (tertiary/aromatic N) is 1. The summed E-state index contributed by atoms with van der Waals surface area (Å²) in [4.78, 5) is 23.2. The van der Waals surface area contributed by atoms with Crippen LogP contribution in [0.5, 0.6) is 0 Å². The number of nitrogens with one attached hydrogen (secondary N) is 1. The average Bonchev–Trinajstić information content (AvgIpc) is 2.34. The minimum Gasteiger partial charge on any atom is -0.349 e. The van der Waals surface area contributed by atoms with Crippen LogP contribution in [0.4, 0.5) is 4.79 Å². The number of unbranched alkanes of at least 4 members (excludes halogenated alkanes) is 1. The summed E-state index contributed by atoms with van der Waals surface area (Å²) in [6, 6.07) is -0.397. The lowest BCUT2D eigenvalue weighted by molar-refractivity contribution is -0.136. The number of carbonyl (C=O) groups is 2. The molecule has 1 heterocycles. The first-order valence-corrected chi connectivity index (χ1v) is 4.36. The Labute approximate surface area is 77.0 Å². The van der Waals surface area contributed by atoms with Crippen molar-refractivity contribution in [2.24, 2.45) is 0 Å². The van der Waals surface area contributed by atoms with E-state index in [1.807, 2.05) is 6.92 Å². The van der Waals surface area contributed by atoms with E-state index < -0.39 is 12.3 Å². The summed E-state index contributed by atoms with van der Waals surface area (Å²) in [5.74, 6) is -0.318. The van der Waals surface area contributed by atoms with Gasteiger partial charge < -0.3 is 10.1 Å². The van der Waals surface area contributed by atoms with Crippen molar-refractivity contribution < 1.29 is 14.3 Å². The van der Waals surface area contributed by atoms with E-state index in [-0.39, 0.29) is 5.91 Å². The number of imide groups is 1. The van der Waals surface area contributed by atoms with E-state index in [4.69, 9.17) is 4.74 Å². The van der Waals surface area contributed by atoms with Crippen LogP contribution in [0.15, 0.2) is 0 Å². The third-order valence-electron chi connectivity index (χ3n) is 1.90. The molecule has 3 amide bonds. The summed E-state index contributed by atoms with van der Waals surface area (Å²) in [7, 11) is 1.43. The zero-order valence-corrected chi connectivity index (χ0v) is 7.87. The van der Waals surface area contributed by atoms with Crippen molar-refractivity contribution in [2.75, 3.05) is 13.7 Å². The van der Waals surface area contributed by atoms with Crippen LogP contribution in [0.25, 0.3) is 0 Å². The first-order chi connectivity index (χ1) is 6.16. The van der Waals surface area contributed by atoms with Gasteiger partial charge in [0.15, 0.2) is 0 Å². The molecule has 0 aromatic rings. The Balaban J connectivity index is 2.36. The normalized spacial score (nSPS) is 22.3. The summed E-state index contributed by atoms with van der Waals surface area (Å²) >= 11 is 0. The summed E-state index contributed by atoms with van der Waals surface area (Å²) in [5, 5.41) is 2.43. The maximum absolute atomic E-state index is 11.2. The fourth-order valence-electron chi connectivity index (χ4n) is 1.01. The first-order valence-electron chi connectivity index (χ1n) is 4.36. The molecule has 0 bridgehead atoms. The van der Waals surface area contributed by atoms with Gasteiger partial charge in [-0.05, 0) is 6.42 Å². The molecule has 74 valence electrons. The molecule has 1 aliphatic heterocycles. The quantitative estimate of drug-likeness (QED) is 0.508. The van der Waals surface area contributed by atoms with E-state index >= 15 is 0 Å². The van der Waals surface area contributed by atoms with Gasteiger partial charge in [0, 0.05) is 13.7 Å². The Hall–Kier alpha value is -1.10. The Morgan fingerprint density at radius 1 is 1.54 bits per heavy atom. The van der Waals surface area contributed by atoms with Gasteiger partial charge >= 0.3 is 6.03 Å². The smallest absolute Gasteiger partial charge is 0.326 e. The van der Waals surface area contributed by atoms with Crippen molar-refractivity contribution in [2.45, 2.75) is 26.0 Å². The Morgan fingerprint density at radius 2 is 2.23 bits per heavy atom. The van der Waals surface area contributed by atoms with Crippen molar-refractivity contribution >= 4 is 11.9 Å². The lowest BCUT2D eigenvalue weighted by Crippen LogP contribution is -2.32. The molecule has 0 aromatic heterocycles. The number of ether oxygens (including phenoxy) is 1. The summed E-state index contributed by atoms with van der Waals surface area (Å²) < 4.78 is 5.17. The molecule has 1 atom stereocenters. The van der Waals surface area contributed by atoms with E-state index in [1.165, 1.54) is 7.05 Å². The number of rotatable bonds is 4. The number of urea groups is 1. The van der Waals surface area contributed by atoms with Crippen LogP contribution in [0.3, 0.4) is 0 Å². The second-order valence-electron chi connectivity index (χ2n) is 2.95. The molecule has 5 heteroatoms. The Morgan fingerprint density at radius 3 is 2.69 bits per heavy atom. The molecule has 0 spiro atoms. The summed E-state index contributed by atoms with van der Waals surface area (Å²) in [5.41, 5.74) is 0. The van der Waals surface area contributed by atoms with E-state index in [2.05, 4.69) is 5.32 Å². The number of likely N-dealkylation sites (N-methyl/N-ethyl adjacent to an activating group) is 1. The highest BCUT2D eigenvalue weighted by molar-refractivity contribution is 6.03. The van der Waals surface area contributed by atoms with E-state index in [0.717, 1.165) is 17.7 Å². The molecule has 1 rings (SSSR count). The van der Waals surface area contributed by atoms with Crippen molar-refractivity contribution in [1.82, 2.24) is 10.2 Å². The van der Waals surface area contributed by atoms with Crippen LogP contribution >= 0.6 is 0 Å². The number of amides is 3. The van der Waals surface area contributed by atoms with Gasteiger partial charge in [-0.2, -0.15) is 0 Å². The zero-order valence-electron chi connectivity index (χ0n) is 7.87. The molecule has 1 aliphatic rings. The molecule has 1 fully saturated rings. The lowest BCUT2D eigenvalue weighted by Gasteiger charge is -2.08. The molecule has 1 saturated heterocycles. The second kappa shape index (κ2) is 4.23. The topological polar surface area (TPSA) is 58.6 Å². The van der Waals surface area contributed by atoms with Gasteiger partial charge in [-0.15, -0.1) is 0 Å². The zero-order chi connectivity index (χ0) is 9.84. The van der Waals surface area contributed by atoms with Crippen molar-refractivity contribution in [1.29, 1.82) is 0 Å². The van der Waals surface area contributed by atoms with Gasteiger partial charge in [0.2, 0.25) is 6.23 Å². The fraction of sp³-hybridized carbons (Fsp3) is 0.750. The fourth-order valence-corrected chi connectivity index (χ4v) is 1.01. The van der Waals surface area contributed by atoms with E-state index in [1.54, 1.807) is 0 Å². The van der Waals surface area contributed by atoms with Gasteiger partial charge in [0.05, 0.1) is 0 Å². The Kier molecular flexibility index (Phi) is 3.25. The first kappa shape index (κ1) is 9.98.